The predicted molar refractivity (Wildman–Crippen MR) is 119 cm³/mol. The molecule has 180 valence electrons. The summed E-state index contributed by atoms with van der Waals surface area (Å²) in [5.41, 5.74) is 0. The summed E-state index contributed by atoms with van der Waals surface area (Å²) in [6.07, 6.45) is 5.55. The second-order valence-corrected chi connectivity index (χ2v) is 12.5. The van der Waals surface area contributed by atoms with E-state index < -0.39 is 20.0 Å². The minimum absolute atomic E-state index is 0.0871. The van der Waals surface area contributed by atoms with Crippen molar-refractivity contribution in [3.05, 3.63) is 35.9 Å². The maximum atomic E-state index is 13.5. The standard InChI is InChI=1S/C21H29N5O5S2/c27-32(28,24-13-15-31-16-14-24)17-7-9-18(10-8-17)33(29,30)26-12-4-5-19(26)21-23-22-20-6-2-1-3-11-25(20)21/h7-10,19H,1-6,11-16H2. The number of hydrogen-bond donors (Lipinski definition) is 0. The monoisotopic (exact) mass is 495 g/mol. The van der Waals surface area contributed by atoms with Crippen LogP contribution in [0.5, 0.6) is 0 Å². The topological polar surface area (TPSA) is 115 Å². The van der Waals surface area contributed by atoms with Crippen LogP contribution in [0.1, 0.15) is 49.8 Å². The van der Waals surface area contributed by atoms with Crippen molar-refractivity contribution in [1.82, 2.24) is 23.4 Å². The Morgan fingerprint density at radius 3 is 2.21 bits per heavy atom. The van der Waals surface area contributed by atoms with Gasteiger partial charge in [-0.05, 0) is 49.9 Å². The summed E-state index contributed by atoms with van der Waals surface area (Å²) in [6, 6.07) is 5.19. The number of aromatic nitrogens is 3. The Kier molecular flexibility index (Phi) is 6.29. The molecule has 0 radical (unpaired) electrons. The zero-order valence-electron chi connectivity index (χ0n) is 18.5. The number of rotatable bonds is 5. The molecule has 33 heavy (non-hydrogen) atoms. The second kappa shape index (κ2) is 9.06. The van der Waals surface area contributed by atoms with Crippen LogP contribution in [0.15, 0.2) is 34.1 Å². The summed E-state index contributed by atoms with van der Waals surface area (Å²) in [6.45, 7) is 2.52. The Balaban J connectivity index is 1.41. The molecule has 2 aromatic rings. The quantitative estimate of drug-likeness (QED) is 0.618. The maximum Gasteiger partial charge on any atom is 0.243 e. The molecule has 5 rings (SSSR count). The summed E-state index contributed by atoms with van der Waals surface area (Å²) < 4.78 is 63.0. The fraction of sp³-hybridized carbons (Fsp3) is 0.619. The van der Waals surface area contributed by atoms with Crippen molar-refractivity contribution >= 4 is 20.0 Å². The molecule has 0 aliphatic carbocycles. The van der Waals surface area contributed by atoms with E-state index in [2.05, 4.69) is 14.8 Å². The van der Waals surface area contributed by atoms with Gasteiger partial charge in [-0.15, -0.1) is 10.2 Å². The Morgan fingerprint density at radius 2 is 1.48 bits per heavy atom. The van der Waals surface area contributed by atoms with E-state index in [0.717, 1.165) is 50.3 Å². The highest BCUT2D eigenvalue weighted by Gasteiger charge is 2.39. The molecule has 0 bridgehead atoms. The van der Waals surface area contributed by atoms with Crippen LogP contribution >= 0.6 is 0 Å². The molecule has 0 spiro atoms. The molecule has 1 unspecified atom stereocenters. The maximum absolute atomic E-state index is 13.5. The van der Waals surface area contributed by atoms with Crippen molar-refractivity contribution in [3.63, 3.8) is 0 Å². The third-order valence-corrected chi connectivity index (χ3v) is 10.5. The fourth-order valence-corrected chi connectivity index (χ4v) is 7.96. The van der Waals surface area contributed by atoms with E-state index in [9.17, 15) is 16.8 Å². The number of morpholine rings is 1. The first-order valence-electron chi connectivity index (χ1n) is 11.5. The highest BCUT2D eigenvalue weighted by atomic mass is 32.2. The Hall–Kier alpha value is -1.86. The van der Waals surface area contributed by atoms with Gasteiger partial charge in [-0.3, -0.25) is 0 Å². The van der Waals surface area contributed by atoms with Gasteiger partial charge >= 0.3 is 0 Å². The third kappa shape index (κ3) is 4.23. The summed E-state index contributed by atoms with van der Waals surface area (Å²) >= 11 is 0. The molecule has 4 heterocycles. The van der Waals surface area contributed by atoms with Crippen LogP contribution in [0, 0.1) is 0 Å². The number of fused-ring (bicyclic) bond motifs is 1. The zero-order chi connectivity index (χ0) is 23.1. The third-order valence-electron chi connectivity index (χ3n) is 6.68. The summed E-state index contributed by atoms with van der Waals surface area (Å²) in [5, 5.41) is 8.73. The van der Waals surface area contributed by atoms with Gasteiger partial charge in [-0.1, -0.05) is 6.42 Å². The van der Waals surface area contributed by atoms with Crippen LogP contribution < -0.4 is 0 Å². The van der Waals surface area contributed by atoms with Crippen LogP contribution in [0.4, 0.5) is 0 Å². The number of nitrogens with zero attached hydrogens (tertiary/aromatic N) is 5. The number of sulfonamides is 2. The lowest BCUT2D eigenvalue weighted by Gasteiger charge is -2.26. The van der Waals surface area contributed by atoms with Gasteiger partial charge in [0.15, 0.2) is 5.82 Å². The van der Waals surface area contributed by atoms with Crippen molar-refractivity contribution in [1.29, 1.82) is 0 Å². The van der Waals surface area contributed by atoms with E-state index in [1.165, 1.54) is 32.9 Å². The van der Waals surface area contributed by atoms with Crippen molar-refractivity contribution in [2.45, 2.75) is 60.9 Å². The first-order chi connectivity index (χ1) is 15.9. The van der Waals surface area contributed by atoms with E-state index in [1.807, 2.05) is 0 Å². The first kappa shape index (κ1) is 22.9. The molecule has 1 aromatic carbocycles. The van der Waals surface area contributed by atoms with Crippen LogP contribution in [0.25, 0.3) is 0 Å². The Morgan fingerprint density at radius 1 is 0.788 bits per heavy atom. The molecule has 0 amide bonds. The lowest BCUT2D eigenvalue weighted by atomic mass is 10.2. The van der Waals surface area contributed by atoms with Gasteiger partial charge in [0.2, 0.25) is 20.0 Å². The van der Waals surface area contributed by atoms with Crippen LogP contribution in [-0.2, 0) is 37.7 Å². The van der Waals surface area contributed by atoms with Crippen LogP contribution in [0.2, 0.25) is 0 Å². The largest absolute Gasteiger partial charge is 0.379 e. The molecule has 1 atom stereocenters. The van der Waals surface area contributed by atoms with Crippen molar-refractivity contribution in [2.75, 3.05) is 32.8 Å². The molecular weight excluding hydrogens is 466 g/mol. The van der Waals surface area contributed by atoms with Gasteiger partial charge in [-0.2, -0.15) is 8.61 Å². The SMILES string of the molecule is O=S(=O)(c1ccc(S(=O)(=O)N2CCCC2c2nnc3n2CCCCC3)cc1)N1CCOCC1. The molecule has 10 nitrogen and oxygen atoms in total. The molecule has 2 fully saturated rings. The first-order valence-corrected chi connectivity index (χ1v) is 14.4. The smallest absolute Gasteiger partial charge is 0.243 e. The van der Waals surface area contributed by atoms with E-state index in [0.29, 0.717) is 39.3 Å². The predicted octanol–water partition coefficient (Wildman–Crippen LogP) is 1.55. The van der Waals surface area contributed by atoms with E-state index in [4.69, 9.17) is 4.74 Å². The molecule has 0 N–H and O–H groups in total. The minimum atomic E-state index is -3.81. The Bertz CT molecular complexity index is 1200. The normalized spacial score (nSPS) is 23.3. The molecule has 12 heteroatoms. The van der Waals surface area contributed by atoms with E-state index in [-0.39, 0.29) is 15.8 Å². The average molecular weight is 496 g/mol. The molecule has 2 saturated heterocycles. The Labute approximate surface area is 194 Å². The number of hydrogen-bond acceptors (Lipinski definition) is 7. The number of benzene rings is 1. The van der Waals surface area contributed by atoms with Crippen LogP contribution in [0.3, 0.4) is 0 Å². The summed E-state index contributed by atoms with van der Waals surface area (Å²) in [4.78, 5) is 0.176. The lowest BCUT2D eigenvalue weighted by molar-refractivity contribution is 0.0730. The molecule has 1 aromatic heterocycles. The van der Waals surface area contributed by atoms with Gasteiger partial charge in [0, 0.05) is 32.6 Å². The van der Waals surface area contributed by atoms with Gasteiger partial charge < -0.3 is 9.30 Å². The summed E-state index contributed by atoms with van der Waals surface area (Å²) in [5.74, 6) is 1.66. The molecular formula is C21H29N5O5S2. The molecule has 0 saturated carbocycles. The van der Waals surface area contributed by atoms with Gasteiger partial charge in [0.25, 0.3) is 0 Å². The van der Waals surface area contributed by atoms with E-state index >= 15 is 0 Å². The van der Waals surface area contributed by atoms with Crippen molar-refractivity contribution < 1.29 is 21.6 Å². The highest BCUT2D eigenvalue weighted by Crippen LogP contribution is 2.37. The second-order valence-electron chi connectivity index (χ2n) is 8.70. The zero-order valence-corrected chi connectivity index (χ0v) is 20.1. The van der Waals surface area contributed by atoms with E-state index in [1.54, 1.807) is 0 Å². The lowest BCUT2D eigenvalue weighted by Crippen LogP contribution is -2.40. The highest BCUT2D eigenvalue weighted by molar-refractivity contribution is 7.89. The molecule has 3 aliphatic heterocycles. The minimum Gasteiger partial charge on any atom is -0.379 e. The van der Waals surface area contributed by atoms with Crippen molar-refractivity contribution in [2.24, 2.45) is 0 Å². The molecule has 3 aliphatic rings. The summed E-state index contributed by atoms with van der Waals surface area (Å²) in [7, 11) is -7.49. The number of ether oxygens (including phenoxy) is 1. The fourth-order valence-electron chi connectivity index (χ4n) is 4.89. The van der Waals surface area contributed by atoms with Gasteiger partial charge in [0.05, 0.1) is 29.0 Å². The van der Waals surface area contributed by atoms with Crippen molar-refractivity contribution in [3.8, 4) is 0 Å². The average Bonchev–Trinajstić information content (AvgIpc) is 3.41. The van der Waals surface area contributed by atoms with Gasteiger partial charge in [0.1, 0.15) is 5.82 Å². The van der Waals surface area contributed by atoms with Crippen LogP contribution in [-0.4, -0.2) is 73.1 Å². The number of aryl methyl sites for hydroxylation is 1. The van der Waals surface area contributed by atoms with Gasteiger partial charge in [-0.25, -0.2) is 16.8 Å².